The Bertz CT molecular complexity index is 1050. The normalized spacial score (nSPS) is 21.6. The zero-order valence-corrected chi connectivity index (χ0v) is 24.9. The van der Waals surface area contributed by atoms with Gasteiger partial charge in [-0.3, -0.25) is 4.79 Å². The van der Waals surface area contributed by atoms with Crippen LogP contribution in [0.2, 0.25) is 0 Å². The van der Waals surface area contributed by atoms with Crippen molar-refractivity contribution >= 4 is 56.3 Å². The average molecular weight is 592 g/mol. The number of ether oxygens (including phenoxy) is 1. The summed E-state index contributed by atoms with van der Waals surface area (Å²) in [7, 11) is 0. The number of thioether (sulfide) groups is 1. The van der Waals surface area contributed by atoms with E-state index in [4.69, 9.17) is 4.74 Å². The van der Waals surface area contributed by atoms with Gasteiger partial charge in [-0.1, -0.05) is 66.0 Å². The van der Waals surface area contributed by atoms with Crippen molar-refractivity contribution in [3.63, 3.8) is 0 Å². The van der Waals surface area contributed by atoms with Crippen LogP contribution in [0.5, 0.6) is 5.75 Å². The van der Waals surface area contributed by atoms with E-state index in [1.807, 2.05) is 35.8 Å². The second-order valence-corrected chi connectivity index (χ2v) is 13.9. The van der Waals surface area contributed by atoms with Crippen molar-refractivity contribution in [2.75, 3.05) is 26.0 Å². The molecule has 196 valence electrons. The molecular weight excluding hydrogens is 552 g/mol. The predicted molar refractivity (Wildman–Crippen MR) is 160 cm³/mol. The van der Waals surface area contributed by atoms with Crippen molar-refractivity contribution in [1.29, 1.82) is 0 Å². The molecule has 1 heterocycles. The molecule has 2 atom stereocenters. The number of carbonyl (C=O) groups is 1. The minimum atomic E-state index is -0.399. The van der Waals surface area contributed by atoms with Crippen LogP contribution < -0.4 is 10.1 Å². The lowest BCUT2D eigenvalue weighted by atomic mass is 9.86. The molecule has 1 amide bonds. The fraction of sp³-hybridized carbons (Fsp3) is 0.552. The molecule has 2 aromatic rings. The number of hydrogen-bond donors (Lipinski definition) is 1. The van der Waals surface area contributed by atoms with Crippen LogP contribution in [0.1, 0.15) is 52.4 Å². The van der Waals surface area contributed by atoms with Crippen molar-refractivity contribution in [2.24, 2.45) is 5.41 Å². The summed E-state index contributed by atoms with van der Waals surface area (Å²) in [6.45, 7) is 6.81. The lowest BCUT2D eigenvalue weighted by molar-refractivity contribution is -0.130. The van der Waals surface area contributed by atoms with Crippen molar-refractivity contribution in [3.05, 3.63) is 53.0 Å². The van der Waals surface area contributed by atoms with Gasteiger partial charge >= 0.3 is 0 Å². The summed E-state index contributed by atoms with van der Waals surface area (Å²) >= 11 is 7.48. The van der Waals surface area contributed by atoms with Crippen molar-refractivity contribution < 1.29 is 9.53 Å². The number of benzene rings is 2. The Morgan fingerprint density at radius 3 is 2.50 bits per heavy atom. The Labute approximate surface area is 233 Å². The van der Waals surface area contributed by atoms with Crippen LogP contribution in [-0.4, -0.2) is 52.7 Å². The number of nitrogens with zero attached hydrogens (tertiary/aromatic N) is 1. The maximum atomic E-state index is 13.0. The van der Waals surface area contributed by atoms with Crippen LogP contribution in [0.3, 0.4) is 0 Å². The van der Waals surface area contributed by atoms with Gasteiger partial charge < -0.3 is 10.1 Å². The second-order valence-electron chi connectivity index (χ2n) is 10.5. The molecule has 0 spiro atoms. The average Bonchev–Trinajstić information content (AvgIpc) is 2.88. The molecule has 4 nitrogen and oxygen atoms in total. The van der Waals surface area contributed by atoms with Gasteiger partial charge in [-0.15, -0.1) is 0 Å². The van der Waals surface area contributed by atoms with Gasteiger partial charge in [0, 0.05) is 39.5 Å². The van der Waals surface area contributed by atoms with Gasteiger partial charge in [0.1, 0.15) is 5.75 Å². The first-order chi connectivity index (χ1) is 17.3. The molecule has 7 heteroatoms. The van der Waals surface area contributed by atoms with Gasteiger partial charge in [0.25, 0.3) is 0 Å². The number of piperidine rings is 1. The number of nitrogens with one attached hydrogen (secondary N) is 1. The molecule has 0 radical (unpaired) electrons. The molecule has 36 heavy (non-hydrogen) atoms. The third kappa shape index (κ3) is 7.92. The van der Waals surface area contributed by atoms with Crippen LogP contribution in [0.15, 0.2) is 53.0 Å². The minimum Gasteiger partial charge on any atom is -0.494 e. The Morgan fingerprint density at radius 2 is 1.78 bits per heavy atom. The Kier molecular flexibility index (Phi) is 10.1. The summed E-state index contributed by atoms with van der Waals surface area (Å²) in [5.41, 5.74) is -0.399. The Hall–Kier alpha value is -1.15. The van der Waals surface area contributed by atoms with E-state index in [1.165, 1.54) is 18.2 Å². The van der Waals surface area contributed by atoms with Gasteiger partial charge in [-0.25, -0.2) is 4.31 Å². The molecule has 4 rings (SSSR count). The largest absolute Gasteiger partial charge is 0.494 e. The van der Waals surface area contributed by atoms with E-state index in [0.29, 0.717) is 17.1 Å². The van der Waals surface area contributed by atoms with E-state index < -0.39 is 5.41 Å². The summed E-state index contributed by atoms with van der Waals surface area (Å²) < 4.78 is 9.57. The topological polar surface area (TPSA) is 41.6 Å². The first-order valence-corrected chi connectivity index (χ1v) is 16.0. The van der Waals surface area contributed by atoms with Crippen LogP contribution in [0, 0.1) is 5.41 Å². The molecule has 1 aliphatic heterocycles. The molecule has 2 aliphatic rings. The fourth-order valence-corrected chi connectivity index (χ4v) is 7.04. The zero-order valence-electron chi connectivity index (χ0n) is 21.7. The van der Waals surface area contributed by atoms with Gasteiger partial charge in [0.2, 0.25) is 5.91 Å². The van der Waals surface area contributed by atoms with Gasteiger partial charge in [-0.05, 0) is 79.8 Å². The molecule has 1 saturated heterocycles. The van der Waals surface area contributed by atoms with Gasteiger partial charge in [0.05, 0.1) is 6.61 Å². The number of rotatable bonds is 10. The van der Waals surface area contributed by atoms with E-state index in [9.17, 15) is 4.79 Å². The molecule has 1 fully saturated rings. The van der Waals surface area contributed by atoms with E-state index in [0.717, 1.165) is 54.4 Å². The van der Waals surface area contributed by atoms with Crippen LogP contribution >= 0.6 is 39.6 Å². The summed E-state index contributed by atoms with van der Waals surface area (Å²) in [5, 5.41) is 7.00. The van der Waals surface area contributed by atoms with Crippen molar-refractivity contribution in [2.45, 2.75) is 68.9 Å². The first-order valence-electron chi connectivity index (χ1n) is 13.1. The first kappa shape index (κ1) is 27.9. The monoisotopic (exact) mass is 590 g/mol. The number of halogens is 1. The van der Waals surface area contributed by atoms with Gasteiger partial charge in [0.15, 0.2) is 0 Å². The molecule has 2 unspecified atom stereocenters. The smallest absolute Gasteiger partial charge is 0.225 e. The SMILES string of the molecule is CSC1C=CC(SN2CCC(NC(=O)C(C)(C)CCCOc3ccc4ccc(Br)cc4c3)CC2)CC1. The minimum absolute atomic E-state index is 0.169. The third-order valence-corrected chi connectivity index (χ3v) is 10.1. The summed E-state index contributed by atoms with van der Waals surface area (Å²) in [5.74, 6) is 1.04. The lowest BCUT2D eigenvalue weighted by Crippen LogP contribution is -2.47. The summed E-state index contributed by atoms with van der Waals surface area (Å²) in [6, 6.07) is 12.7. The van der Waals surface area contributed by atoms with Crippen molar-refractivity contribution in [1.82, 2.24) is 9.62 Å². The van der Waals surface area contributed by atoms with Crippen molar-refractivity contribution in [3.8, 4) is 5.75 Å². The third-order valence-electron chi connectivity index (χ3n) is 7.26. The second kappa shape index (κ2) is 13.1. The number of carbonyl (C=O) groups excluding carboxylic acids is 1. The molecule has 2 aromatic carbocycles. The number of fused-ring (bicyclic) bond motifs is 1. The van der Waals surface area contributed by atoms with Crippen LogP contribution in [0.4, 0.5) is 0 Å². The zero-order chi connectivity index (χ0) is 25.5. The molecule has 1 N–H and O–H groups in total. The Morgan fingerprint density at radius 1 is 1.06 bits per heavy atom. The van der Waals surface area contributed by atoms with Crippen LogP contribution in [0.25, 0.3) is 10.8 Å². The van der Waals surface area contributed by atoms with Gasteiger partial charge in [-0.2, -0.15) is 11.8 Å². The standard InChI is InChI=1S/C29H39BrN2O2S2/c1-29(2,15-4-18-34-25-8-6-21-5-7-23(30)19-22(21)20-25)28(33)31-24-13-16-32(17-14-24)36-27-11-9-26(35-3)10-12-27/h5-9,11,19-20,24,26-27H,4,10,12-18H2,1-3H3,(H,31,33). The van der Waals surface area contributed by atoms with E-state index in [1.54, 1.807) is 0 Å². The highest BCUT2D eigenvalue weighted by Gasteiger charge is 2.31. The molecule has 0 saturated carbocycles. The molecule has 0 aromatic heterocycles. The molecule has 1 aliphatic carbocycles. The molecular formula is C29H39BrN2O2S2. The van der Waals surface area contributed by atoms with E-state index in [2.05, 4.69) is 82.1 Å². The van der Waals surface area contributed by atoms with E-state index in [-0.39, 0.29) is 11.9 Å². The van der Waals surface area contributed by atoms with E-state index >= 15 is 0 Å². The maximum absolute atomic E-state index is 13.0. The fourth-order valence-electron chi connectivity index (χ4n) is 4.83. The predicted octanol–water partition coefficient (Wildman–Crippen LogP) is 7.47. The highest BCUT2D eigenvalue weighted by atomic mass is 79.9. The Balaban J connectivity index is 1.15. The lowest BCUT2D eigenvalue weighted by Gasteiger charge is -2.35. The summed E-state index contributed by atoms with van der Waals surface area (Å²) in [6.07, 6.45) is 13.2. The molecule has 0 bridgehead atoms. The number of amides is 1. The highest BCUT2D eigenvalue weighted by Crippen LogP contribution is 2.32. The summed E-state index contributed by atoms with van der Waals surface area (Å²) in [4.78, 5) is 13.0. The van der Waals surface area contributed by atoms with Crippen LogP contribution in [-0.2, 0) is 4.79 Å². The number of hydrogen-bond acceptors (Lipinski definition) is 5. The maximum Gasteiger partial charge on any atom is 0.225 e. The quantitative estimate of drug-likeness (QED) is 0.176. The highest BCUT2D eigenvalue weighted by molar-refractivity contribution is 9.10.